The van der Waals surface area contributed by atoms with Crippen molar-refractivity contribution < 1.29 is 9.84 Å². The number of morpholine rings is 1. The number of aromatic nitrogens is 1. The number of benzene rings is 2. The number of pyridine rings is 1. The molecule has 2 heterocycles. The van der Waals surface area contributed by atoms with E-state index in [0.29, 0.717) is 6.54 Å². The summed E-state index contributed by atoms with van der Waals surface area (Å²) >= 11 is 0. The summed E-state index contributed by atoms with van der Waals surface area (Å²) < 4.78 is 5.36. The van der Waals surface area contributed by atoms with Crippen LogP contribution in [0.15, 0.2) is 60.8 Å². The van der Waals surface area contributed by atoms with E-state index >= 15 is 0 Å². The van der Waals surface area contributed by atoms with Gasteiger partial charge in [0.1, 0.15) is 0 Å². The standard InChI is InChI=1S/C21H22N2O2/c24-20(15-23-11-13-25-14-12-23)17-8-6-16(7-9-17)19-5-1-3-18-4-2-10-22-21(18)19/h1-10,20,24H,11-15H2. The zero-order valence-electron chi connectivity index (χ0n) is 14.1. The summed E-state index contributed by atoms with van der Waals surface area (Å²) in [4.78, 5) is 6.77. The minimum Gasteiger partial charge on any atom is -0.387 e. The molecular formula is C21H22N2O2. The van der Waals surface area contributed by atoms with E-state index in [-0.39, 0.29) is 0 Å². The summed E-state index contributed by atoms with van der Waals surface area (Å²) in [6, 6.07) is 18.4. The SMILES string of the molecule is OC(CN1CCOCC1)c1ccc(-c2cccc3cccnc23)cc1. The Morgan fingerprint density at radius 3 is 2.56 bits per heavy atom. The van der Waals surface area contributed by atoms with Gasteiger partial charge in [-0.15, -0.1) is 0 Å². The third-order valence-electron chi connectivity index (χ3n) is 4.77. The van der Waals surface area contributed by atoms with E-state index in [9.17, 15) is 5.11 Å². The number of hydrogen-bond donors (Lipinski definition) is 1. The van der Waals surface area contributed by atoms with Gasteiger partial charge < -0.3 is 9.84 Å². The lowest BCUT2D eigenvalue weighted by Crippen LogP contribution is -2.38. The largest absolute Gasteiger partial charge is 0.387 e. The van der Waals surface area contributed by atoms with Gasteiger partial charge in [-0.3, -0.25) is 9.88 Å². The zero-order valence-corrected chi connectivity index (χ0v) is 14.1. The molecular weight excluding hydrogens is 312 g/mol. The first-order valence-electron chi connectivity index (χ1n) is 8.73. The molecule has 1 unspecified atom stereocenters. The minimum absolute atomic E-state index is 0.474. The quantitative estimate of drug-likeness (QED) is 0.795. The smallest absolute Gasteiger partial charge is 0.0916 e. The van der Waals surface area contributed by atoms with Crippen molar-refractivity contribution in [2.45, 2.75) is 6.10 Å². The molecule has 0 bridgehead atoms. The second-order valence-corrected chi connectivity index (χ2v) is 6.43. The normalized spacial score (nSPS) is 16.8. The molecule has 4 heteroatoms. The first-order chi connectivity index (χ1) is 12.3. The van der Waals surface area contributed by atoms with Crippen LogP contribution in [0.4, 0.5) is 0 Å². The fourth-order valence-corrected chi connectivity index (χ4v) is 3.36. The first-order valence-corrected chi connectivity index (χ1v) is 8.73. The van der Waals surface area contributed by atoms with Crippen molar-refractivity contribution in [3.8, 4) is 11.1 Å². The molecule has 2 aromatic carbocycles. The highest BCUT2D eigenvalue weighted by molar-refractivity contribution is 5.93. The number of fused-ring (bicyclic) bond motifs is 1. The molecule has 1 saturated heterocycles. The average molecular weight is 334 g/mol. The number of rotatable bonds is 4. The van der Waals surface area contributed by atoms with E-state index < -0.39 is 6.10 Å². The maximum Gasteiger partial charge on any atom is 0.0916 e. The Kier molecular flexibility index (Phi) is 4.74. The van der Waals surface area contributed by atoms with Crippen LogP contribution in [0.3, 0.4) is 0 Å². The van der Waals surface area contributed by atoms with Crippen LogP contribution in [-0.4, -0.2) is 47.8 Å². The van der Waals surface area contributed by atoms with Crippen LogP contribution < -0.4 is 0 Å². The zero-order chi connectivity index (χ0) is 17.1. The summed E-state index contributed by atoms with van der Waals surface area (Å²) in [5.41, 5.74) is 4.19. The number of nitrogens with zero attached hydrogens (tertiary/aromatic N) is 2. The number of ether oxygens (including phenoxy) is 1. The van der Waals surface area contributed by atoms with Crippen LogP contribution in [0.25, 0.3) is 22.0 Å². The van der Waals surface area contributed by atoms with Gasteiger partial charge in [0.2, 0.25) is 0 Å². The molecule has 1 N–H and O–H groups in total. The molecule has 0 radical (unpaired) electrons. The summed E-state index contributed by atoms with van der Waals surface area (Å²) in [7, 11) is 0. The Balaban J connectivity index is 1.55. The van der Waals surface area contributed by atoms with E-state index in [1.165, 1.54) is 0 Å². The van der Waals surface area contributed by atoms with E-state index in [1.807, 2.05) is 24.4 Å². The molecule has 4 rings (SSSR count). The number of aliphatic hydroxyl groups is 1. The molecule has 1 aliphatic heterocycles. The average Bonchev–Trinajstić information content (AvgIpc) is 2.68. The van der Waals surface area contributed by atoms with Gasteiger partial charge in [-0.05, 0) is 17.2 Å². The summed E-state index contributed by atoms with van der Waals surface area (Å²) in [6.45, 7) is 3.92. The van der Waals surface area contributed by atoms with Gasteiger partial charge >= 0.3 is 0 Å². The molecule has 0 amide bonds. The van der Waals surface area contributed by atoms with E-state index in [1.54, 1.807) is 0 Å². The second-order valence-electron chi connectivity index (χ2n) is 6.43. The van der Waals surface area contributed by atoms with Crippen LogP contribution in [0.2, 0.25) is 0 Å². The lowest BCUT2D eigenvalue weighted by molar-refractivity contribution is 0.0143. The van der Waals surface area contributed by atoms with Crippen LogP contribution in [0.5, 0.6) is 0 Å². The monoisotopic (exact) mass is 334 g/mol. The molecule has 1 aromatic heterocycles. The van der Waals surface area contributed by atoms with Crippen LogP contribution >= 0.6 is 0 Å². The third kappa shape index (κ3) is 3.56. The Bertz CT molecular complexity index is 837. The molecule has 4 nitrogen and oxygen atoms in total. The molecule has 128 valence electrons. The van der Waals surface area contributed by atoms with Gasteiger partial charge in [0.25, 0.3) is 0 Å². The van der Waals surface area contributed by atoms with Crippen LogP contribution in [0, 0.1) is 0 Å². The Labute approximate surface area is 147 Å². The third-order valence-corrected chi connectivity index (χ3v) is 4.77. The predicted molar refractivity (Wildman–Crippen MR) is 99.4 cm³/mol. The van der Waals surface area contributed by atoms with Crippen molar-refractivity contribution in [2.24, 2.45) is 0 Å². The van der Waals surface area contributed by atoms with Crippen LogP contribution in [-0.2, 0) is 4.74 Å². The molecule has 0 saturated carbocycles. The highest BCUT2D eigenvalue weighted by atomic mass is 16.5. The van der Waals surface area contributed by atoms with Gasteiger partial charge in [0.15, 0.2) is 0 Å². The van der Waals surface area contributed by atoms with Crippen molar-refractivity contribution in [3.05, 3.63) is 66.4 Å². The molecule has 0 spiro atoms. The fraction of sp³-hybridized carbons (Fsp3) is 0.286. The molecule has 1 fully saturated rings. The van der Waals surface area contributed by atoms with Gasteiger partial charge in [0, 0.05) is 36.8 Å². The summed E-state index contributed by atoms with van der Waals surface area (Å²) in [5.74, 6) is 0. The van der Waals surface area contributed by atoms with E-state index in [4.69, 9.17) is 4.74 Å². The summed E-state index contributed by atoms with van der Waals surface area (Å²) in [6.07, 6.45) is 1.35. The topological polar surface area (TPSA) is 45.6 Å². The number of hydrogen-bond acceptors (Lipinski definition) is 4. The molecule has 0 aliphatic carbocycles. The lowest BCUT2D eigenvalue weighted by Gasteiger charge is -2.28. The molecule has 3 aromatic rings. The maximum absolute atomic E-state index is 10.5. The highest BCUT2D eigenvalue weighted by Crippen LogP contribution is 2.28. The first kappa shape index (κ1) is 16.2. The number of aliphatic hydroxyl groups excluding tert-OH is 1. The molecule has 1 aliphatic rings. The second kappa shape index (κ2) is 7.31. The number of β-amino-alcohol motifs (C(OH)–C–C–N with tert-alkyl or cyclic N) is 1. The van der Waals surface area contributed by atoms with Gasteiger partial charge in [0.05, 0.1) is 24.8 Å². The minimum atomic E-state index is -0.474. The van der Waals surface area contributed by atoms with E-state index in [0.717, 1.165) is 53.9 Å². The van der Waals surface area contributed by atoms with E-state index in [2.05, 4.69) is 46.3 Å². The van der Waals surface area contributed by atoms with Gasteiger partial charge in [-0.25, -0.2) is 0 Å². The predicted octanol–water partition coefficient (Wildman–Crippen LogP) is 3.27. The Morgan fingerprint density at radius 1 is 1.00 bits per heavy atom. The Hall–Kier alpha value is -2.27. The molecule has 25 heavy (non-hydrogen) atoms. The Morgan fingerprint density at radius 2 is 1.76 bits per heavy atom. The number of para-hydroxylation sites is 1. The highest BCUT2D eigenvalue weighted by Gasteiger charge is 2.16. The van der Waals surface area contributed by atoms with Gasteiger partial charge in [-0.2, -0.15) is 0 Å². The van der Waals surface area contributed by atoms with Gasteiger partial charge in [-0.1, -0.05) is 48.5 Å². The van der Waals surface area contributed by atoms with Crippen molar-refractivity contribution >= 4 is 10.9 Å². The van der Waals surface area contributed by atoms with Crippen molar-refractivity contribution in [1.29, 1.82) is 0 Å². The summed E-state index contributed by atoms with van der Waals surface area (Å²) in [5, 5.41) is 11.6. The van der Waals surface area contributed by atoms with Crippen molar-refractivity contribution in [2.75, 3.05) is 32.8 Å². The van der Waals surface area contributed by atoms with Crippen molar-refractivity contribution in [3.63, 3.8) is 0 Å². The fourth-order valence-electron chi connectivity index (χ4n) is 3.36. The lowest BCUT2D eigenvalue weighted by atomic mass is 9.99. The maximum atomic E-state index is 10.5. The van der Waals surface area contributed by atoms with Crippen molar-refractivity contribution in [1.82, 2.24) is 9.88 Å². The molecule has 1 atom stereocenters. The van der Waals surface area contributed by atoms with Crippen LogP contribution in [0.1, 0.15) is 11.7 Å².